The second kappa shape index (κ2) is 13.6. The zero-order valence-corrected chi connectivity index (χ0v) is 20.4. The van der Waals surface area contributed by atoms with Crippen molar-refractivity contribution in [3.05, 3.63) is 35.9 Å². The molecule has 0 aliphatic carbocycles. The molecule has 0 spiro atoms. The molecule has 2 unspecified atom stereocenters. The van der Waals surface area contributed by atoms with Crippen molar-refractivity contribution >= 4 is 40.7 Å². The van der Waals surface area contributed by atoms with Gasteiger partial charge in [-0.2, -0.15) is 0 Å². The third-order valence-electron chi connectivity index (χ3n) is 5.28. The van der Waals surface area contributed by atoms with Crippen molar-refractivity contribution in [1.82, 2.24) is 10.2 Å². The van der Waals surface area contributed by atoms with Gasteiger partial charge in [0, 0.05) is 55.6 Å². The van der Waals surface area contributed by atoms with Gasteiger partial charge in [0.15, 0.2) is 5.96 Å². The lowest BCUT2D eigenvalue weighted by Gasteiger charge is -2.34. The number of rotatable bonds is 8. The lowest BCUT2D eigenvalue weighted by Crippen LogP contribution is -2.48. The maximum Gasteiger partial charge on any atom is 0.193 e. The zero-order valence-electron chi connectivity index (χ0n) is 17.3. The molecule has 6 nitrogen and oxygen atoms in total. The van der Waals surface area contributed by atoms with Crippen molar-refractivity contribution in [2.24, 2.45) is 4.99 Å². The van der Waals surface area contributed by atoms with Crippen molar-refractivity contribution in [3.8, 4) is 0 Å². The first-order chi connectivity index (χ1) is 13.7. The number of ether oxygens (including phenoxy) is 2. The van der Waals surface area contributed by atoms with E-state index in [1.54, 1.807) is 0 Å². The molecule has 1 N–H and O–H groups in total. The molecule has 1 aromatic rings. The van der Waals surface area contributed by atoms with Crippen LogP contribution in [0.15, 0.2) is 35.3 Å². The van der Waals surface area contributed by atoms with E-state index in [1.807, 2.05) is 37.4 Å². The Hall–Kier alpha value is -0.710. The van der Waals surface area contributed by atoms with Gasteiger partial charge in [-0.3, -0.25) is 9.20 Å². The first-order valence-electron chi connectivity index (χ1n) is 10.3. The maximum atomic E-state index is 12.3. The highest BCUT2D eigenvalue weighted by molar-refractivity contribution is 14.0. The number of guanidine groups is 1. The van der Waals surface area contributed by atoms with Gasteiger partial charge in [-0.15, -0.1) is 24.0 Å². The van der Waals surface area contributed by atoms with Gasteiger partial charge < -0.3 is 19.7 Å². The lowest BCUT2D eigenvalue weighted by atomic mass is 10.1. The molecule has 0 bridgehead atoms. The summed E-state index contributed by atoms with van der Waals surface area (Å²) in [4.78, 5) is 6.67. The number of likely N-dealkylation sites (tertiary alicyclic amines) is 1. The number of aliphatic imine (C=N–C) groups is 1. The van der Waals surface area contributed by atoms with Gasteiger partial charge in [0.25, 0.3) is 0 Å². The summed E-state index contributed by atoms with van der Waals surface area (Å²) in [7, 11) is 0.937. The van der Waals surface area contributed by atoms with Crippen molar-refractivity contribution in [2.75, 3.05) is 45.6 Å². The Labute approximate surface area is 194 Å². The van der Waals surface area contributed by atoms with Crippen LogP contribution >= 0.6 is 24.0 Å². The van der Waals surface area contributed by atoms with Gasteiger partial charge in [0.2, 0.25) is 0 Å². The third kappa shape index (κ3) is 8.51. The summed E-state index contributed by atoms with van der Waals surface area (Å²) in [6.07, 6.45) is 4.91. The van der Waals surface area contributed by atoms with Crippen LogP contribution in [-0.2, 0) is 26.0 Å². The molecule has 164 valence electrons. The molecule has 2 aliphatic rings. The molecule has 3 rings (SSSR count). The van der Waals surface area contributed by atoms with E-state index in [-0.39, 0.29) is 24.0 Å². The van der Waals surface area contributed by atoms with Crippen LogP contribution in [0.25, 0.3) is 0 Å². The van der Waals surface area contributed by atoms with Crippen LogP contribution in [0.5, 0.6) is 0 Å². The molecule has 2 heterocycles. The van der Waals surface area contributed by atoms with Crippen molar-refractivity contribution in [3.63, 3.8) is 0 Å². The molecular weight excluding hydrogens is 501 g/mol. The summed E-state index contributed by atoms with van der Waals surface area (Å²) in [6, 6.07) is 10.0. The molecule has 29 heavy (non-hydrogen) atoms. The smallest absolute Gasteiger partial charge is 0.193 e. The molecule has 2 aliphatic heterocycles. The van der Waals surface area contributed by atoms with Crippen LogP contribution in [0, 0.1) is 0 Å². The van der Waals surface area contributed by atoms with Crippen molar-refractivity contribution < 1.29 is 13.7 Å². The Morgan fingerprint density at radius 3 is 2.69 bits per heavy atom. The largest absolute Gasteiger partial charge is 0.376 e. The summed E-state index contributed by atoms with van der Waals surface area (Å²) in [5.74, 6) is 2.12. The summed E-state index contributed by atoms with van der Waals surface area (Å²) in [5, 5.41) is 3.37. The third-order valence-corrected chi connectivity index (χ3v) is 6.59. The normalized spacial score (nSPS) is 21.6. The fraction of sp³-hybridized carbons (Fsp3) is 0.667. The first-order valence-corrected chi connectivity index (χ1v) is 11.8. The van der Waals surface area contributed by atoms with Gasteiger partial charge in [-0.05, 0) is 31.2 Å². The second-order valence-electron chi connectivity index (χ2n) is 7.40. The average Bonchev–Trinajstić information content (AvgIpc) is 3.25. The monoisotopic (exact) mass is 535 g/mol. The number of nitrogens with one attached hydrogen (secondary N) is 1. The number of benzene rings is 1. The number of nitrogens with zero attached hydrogens (tertiary/aromatic N) is 2. The van der Waals surface area contributed by atoms with E-state index in [4.69, 9.17) is 9.47 Å². The highest BCUT2D eigenvalue weighted by Gasteiger charge is 2.24. The topological polar surface area (TPSA) is 63.2 Å². The van der Waals surface area contributed by atoms with Gasteiger partial charge in [0.1, 0.15) is 0 Å². The number of piperidine rings is 1. The summed E-state index contributed by atoms with van der Waals surface area (Å²) in [5.41, 5.74) is 1.12. The predicted molar refractivity (Wildman–Crippen MR) is 129 cm³/mol. The van der Waals surface area contributed by atoms with E-state index < -0.39 is 10.8 Å². The molecule has 1 aromatic carbocycles. The summed E-state index contributed by atoms with van der Waals surface area (Å²) in [6.45, 7) is 4.14. The SMILES string of the molecule is CN=C(NCCS(=O)Cc1ccccc1)N1CCC(OCC2CCCO2)CC1.I. The standard InChI is InChI=1S/C21H33N3O3S.HI/c1-22-21(23-11-15-28(25)17-18-6-3-2-4-7-18)24-12-9-19(10-13-24)27-16-20-8-5-14-26-20;/h2-4,6-7,19-20H,5,8-17H2,1H3,(H,22,23);1H. The number of halogens is 1. The fourth-order valence-corrected chi connectivity index (χ4v) is 4.73. The van der Waals surface area contributed by atoms with E-state index in [2.05, 4.69) is 15.2 Å². The lowest BCUT2D eigenvalue weighted by molar-refractivity contribution is -0.0367. The summed E-state index contributed by atoms with van der Waals surface area (Å²) < 4.78 is 24.0. The van der Waals surface area contributed by atoms with E-state index in [1.165, 1.54) is 0 Å². The Bertz CT molecular complexity index is 633. The Kier molecular flexibility index (Phi) is 11.5. The molecule has 0 amide bonds. The van der Waals surface area contributed by atoms with Crippen LogP contribution in [-0.4, -0.2) is 72.9 Å². The Balaban J connectivity index is 0.00000300. The Morgan fingerprint density at radius 2 is 2.03 bits per heavy atom. The molecular formula is C21H34IN3O3S. The van der Waals surface area contributed by atoms with Gasteiger partial charge >= 0.3 is 0 Å². The van der Waals surface area contributed by atoms with E-state index in [9.17, 15) is 4.21 Å². The maximum absolute atomic E-state index is 12.3. The van der Waals surface area contributed by atoms with Gasteiger partial charge in [-0.1, -0.05) is 30.3 Å². The molecule has 0 radical (unpaired) electrons. The van der Waals surface area contributed by atoms with E-state index in [0.717, 1.165) is 63.5 Å². The Morgan fingerprint density at radius 1 is 1.28 bits per heavy atom. The highest BCUT2D eigenvalue weighted by Crippen LogP contribution is 2.17. The van der Waals surface area contributed by atoms with Gasteiger partial charge in [0.05, 0.1) is 18.8 Å². The first kappa shape index (κ1) is 24.6. The van der Waals surface area contributed by atoms with Crippen molar-refractivity contribution in [2.45, 2.75) is 43.6 Å². The predicted octanol–water partition coefficient (Wildman–Crippen LogP) is 2.79. The minimum atomic E-state index is -0.872. The van der Waals surface area contributed by atoms with Crippen LogP contribution in [0.1, 0.15) is 31.2 Å². The molecule has 0 saturated carbocycles. The number of hydrogen-bond donors (Lipinski definition) is 1. The van der Waals surface area contributed by atoms with Crippen LogP contribution in [0.2, 0.25) is 0 Å². The average molecular weight is 535 g/mol. The molecule has 2 atom stereocenters. The molecule has 8 heteroatoms. The minimum absolute atomic E-state index is 0. The van der Waals surface area contributed by atoms with Crippen LogP contribution < -0.4 is 5.32 Å². The zero-order chi connectivity index (χ0) is 19.6. The molecule has 0 aromatic heterocycles. The van der Waals surface area contributed by atoms with Gasteiger partial charge in [-0.25, -0.2) is 0 Å². The summed E-state index contributed by atoms with van der Waals surface area (Å²) >= 11 is 0. The highest BCUT2D eigenvalue weighted by atomic mass is 127. The van der Waals surface area contributed by atoms with E-state index >= 15 is 0 Å². The van der Waals surface area contributed by atoms with Crippen molar-refractivity contribution in [1.29, 1.82) is 0 Å². The van der Waals surface area contributed by atoms with Crippen LogP contribution in [0.4, 0.5) is 0 Å². The van der Waals surface area contributed by atoms with Crippen LogP contribution in [0.3, 0.4) is 0 Å². The minimum Gasteiger partial charge on any atom is -0.376 e. The fourth-order valence-electron chi connectivity index (χ4n) is 3.69. The second-order valence-corrected chi connectivity index (χ2v) is 8.98. The molecule has 2 fully saturated rings. The number of hydrogen-bond acceptors (Lipinski definition) is 4. The van der Waals surface area contributed by atoms with E-state index in [0.29, 0.717) is 30.3 Å². The molecule has 2 saturated heterocycles. The quantitative estimate of drug-likeness (QED) is 0.315.